The number of nitrogens with one attached hydrogen (secondary N) is 2. The van der Waals surface area contributed by atoms with E-state index in [2.05, 4.69) is 41.6 Å². The number of rotatable bonds is 6. The number of aromatic nitrogens is 1. The summed E-state index contributed by atoms with van der Waals surface area (Å²) in [6, 6.07) is 2.01. The molecule has 1 aliphatic rings. The van der Waals surface area contributed by atoms with Crippen molar-refractivity contribution in [2.45, 2.75) is 65.3 Å². The van der Waals surface area contributed by atoms with E-state index >= 15 is 0 Å². The molecule has 0 spiro atoms. The molecule has 0 aromatic carbocycles. The third-order valence-electron chi connectivity index (χ3n) is 4.92. The van der Waals surface area contributed by atoms with Gasteiger partial charge in [-0.25, -0.2) is 0 Å². The van der Waals surface area contributed by atoms with Gasteiger partial charge in [0.05, 0.1) is 12.2 Å². The molecular formula is C18H33IN4O. The monoisotopic (exact) mass is 448 g/mol. The normalized spacial score (nSPS) is 21.5. The molecule has 2 N–H and O–H groups in total. The van der Waals surface area contributed by atoms with E-state index in [0.717, 1.165) is 35.8 Å². The lowest BCUT2D eigenvalue weighted by Gasteiger charge is -2.28. The Labute approximate surface area is 163 Å². The lowest BCUT2D eigenvalue weighted by molar-refractivity contribution is 0.269. The molecule has 1 aromatic rings. The van der Waals surface area contributed by atoms with Crippen molar-refractivity contribution in [3.63, 3.8) is 0 Å². The number of hydrogen-bond donors (Lipinski definition) is 2. The van der Waals surface area contributed by atoms with Crippen LogP contribution in [0.5, 0.6) is 0 Å². The van der Waals surface area contributed by atoms with E-state index in [9.17, 15) is 0 Å². The fourth-order valence-electron chi connectivity index (χ4n) is 3.16. The van der Waals surface area contributed by atoms with Crippen LogP contribution in [0.1, 0.15) is 70.2 Å². The van der Waals surface area contributed by atoms with E-state index in [4.69, 9.17) is 4.52 Å². The zero-order chi connectivity index (χ0) is 16.7. The van der Waals surface area contributed by atoms with Gasteiger partial charge >= 0.3 is 0 Å². The molecular weight excluding hydrogens is 415 g/mol. The van der Waals surface area contributed by atoms with Gasteiger partial charge in [0.2, 0.25) is 0 Å². The second-order valence-electron chi connectivity index (χ2n) is 6.97. The Morgan fingerprint density at radius 1 is 1.25 bits per heavy atom. The highest BCUT2D eigenvalue weighted by atomic mass is 127. The van der Waals surface area contributed by atoms with Crippen molar-refractivity contribution >= 4 is 29.9 Å². The largest absolute Gasteiger partial charge is 0.359 e. The van der Waals surface area contributed by atoms with E-state index in [1.165, 1.54) is 32.1 Å². The third kappa shape index (κ3) is 6.61. The summed E-state index contributed by atoms with van der Waals surface area (Å²) in [5.74, 6) is 3.80. The summed E-state index contributed by atoms with van der Waals surface area (Å²) in [6.07, 6.45) is 6.76. The van der Waals surface area contributed by atoms with Crippen LogP contribution < -0.4 is 10.6 Å². The molecule has 1 heterocycles. The van der Waals surface area contributed by atoms with Crippen molar-refractivity contribution in [3.05, 3.63) is 17.5 Å². The Morgan fingerprint density at radius 3 is 2.46 bits per heavy atom. The molecule has 1 aliphatic carbocycles. The highest BCUT2D eigenvalue weighted by Gasteiger charge is 2.20. The van der Waals surface area contributed by atoms with Crippen molar-refractivity contribution < 1.29 is 4.52 Å². The fraction of sp³-hybridized carbons (Fsp3) is 0.778. The molecule has 1 aromatic heterocycles. The molecule has 1 fully saturated rings. The van der Waals surface area contributed by atoms with Crippen molar-refractivity contribution in [2.24, 2.45) is 16.8 Å². The molecule has 1 saturated carbocycles. The lowest BCUT2D eigenvalue weighted by Crippen LogP contribution is -2.40. The summed E-state index contributed by atoms with van der Waals surface area (Å²) in [7, 11) is 1.81. The standard InChI is InChI=1S/C18H32N4O.HI/c1-5-14-6-8-15(9-7-14)11-20-18(19-4)21-12-16-10-17(13(2)3)22-23-16;/h10,13-15H,5-9,11-12H2,1-4H3,(H2,19,20,21);1H. The molecule has 0 bridgehead atoms. The van der Waals surface area contributed by atoms with Crippen LogP contribution >= 0.6 is 24.0 Å². The zero-order valence-corrected chi connectivity index (χ0v) is 17.8. The van der Waals surface area contributed by atoms with Gasteiger partial charge in [0.25, 0.3) is 0 Å². The van der Waals surface area contributed by atoms with E-state index in [-0.39, 0.29) is 24.0 Å². The summed E-state index contributed by atoms with van der Waals surface area (Å²) in [5, 5.41) is 10.8. The Balaban J connectivity index is 0.00000288. The maximum absolute atomic E-state index is 5.34. The Bertz CT molecular complexity index is 493. The molecule has 0 radical (unpaired) electrons. The minimum Gasteiger partial charge on any atom is -0.359 e. The van der Waals surface area contributed by atoms with Gasteiger partial charge in [-0.2, -0.15) is 0 Å². The first-order valence-electron chi connectivity index (χ1n) is 9.02. The van der Waals surface area contributed by atoms with E-state index < -0.39 is 0 Å². The number of guanidine groups is 1. The van der Waals surface area contributed by atoms with Crippen LogP contribution in [-0.4, -0.2) is 24.7 Å². The first-order valence-corrected chi connectivity index (χ1v) is 9.02. The fourth-order valence-corrected chi connectivity index (χ4v) is 3.16. The average molecular weight is 448 g/mol. The zero-order valence-electron chi connectivity index (χ0n) is 15.5. The average Bonchev–Trinajstić information content (AvgIpc) is 3.05. The van der Waals surface area contributed by atoms with E-state index in [1.807, 2.05) is 13.1 Å². The minimum absolute atomic E-state index is 0. The minimum atomic E-state index is 0. The van der Waals surface area contributed by atoms with Gasteiger partial charge in [-0.3, -0.25) is 4.99 Å². The SMILES string of the molecule is CCC1CCC(CNC(=NC)NCc2cc(C(C)C)no2)CC1.I. The third-order valence-corrected chi connectivity index (χ3v) is 4.92. The van der Waals surface area contributed by atoms with Crippen LogP contribution in [0.25, 0.3) is 0 Å². The van der Waals surface area contributed by atoms with Crippen LogP contribution in [-0.2, 0) is 6.54 Å². The first-order chi connectivity index (χ1) is 11.1. The molecule has 0 atom stereocenters. The van der Waals surface area contributed by atoms with Crippen LogP contribution in [0.4, 0.5) is 0 Å². The predicted molar refractivity (Wildman–Crippen MR) is 110 cm³/mol. The van der Waals surface area contributed by atoms with Gasteiger partial charge in [0.1, 0.15) is 0 Å². The Kier molecular flexibility index (Phi) is 9.69. The van der Waals surface area contributed by atoms with Gasteiger partial charge < -0.3 is 15.2 Å². The van der Waals surface area contributed by atoms with E-state index in [1.54, 1.807) is 0 Å². The Hall–Kier alpha value is -0.790. The highest BCUT2D eigenvalue weighted by Crippen LogP contribution is 2.30. The summed E-state index contributed by atoms with van der Waals surface area (Å²) >= 11 is 0. The molecule has 5 nitrogen and oxygen atoms in total. The van der Waals surface area contributed by atoms with Gasteiger partial charge in [-0.1, -0.05) is 45.2 Å². The molecule has 2 rings (SSSR count). The van der Waals surface area contributed by atoms with Crippen molar-refractivity contribution in [1.82, 2.24) is 15.8 Å². The maximum Gasteiger partial charge on any atom is 0.191 e. The van der Waals surface area contributed by atoms with Crippen LogP contribution in [0, 0.1) is 11.8 Å². The van der Waals surface area contributed by atoms with Crippen molar-refractivity contribution in [2.75, 3.05) is 13.6 Å². The molecule has 24 heavy (non-hydrogen) atoms. The molecule has 6 heteroatoms. The van der Waals surface area contributed by atoms with Crippen LogP contribution in [0.3, 0.4) is 0 Å². The predicted octanol–water partition coefficient (Wildman–Crippen LogP) is 4.30. The summed E-state index contributed by atoms with van der Waals surface area (Å²) in [5.41, 5.74) is 0.998. The second kappa shape index (κ2) is 10.9. The quantitative estimate of drug-likeness (QED) is 0.387. The number of nitrogens with zero attached hydrogens (tertiary/aromatic N) is 2. The summed E-state index contributed by atoms with van der Waals surface area (Å²) < 4.78 is 5.34. The second-order valence-corrected chi connectivity index (χ2v) is 6.97. The number of hydrogen-bond acceptors (Lipinski definition) is 3. The maximum atomic E-state index is 5.34. The Morgan fingerprint density at radius 2 is 1.92 bits per heavy atom. The van der Waals surface area contributed by atoms with E-state index in [0.29, 0.717) is 12.5 Å². The number of halogens is 1. The first kappa shape index (κ1) is 21.3. The molecule has 0 aliphatic heterocycles. The van der Waals surface area contributed by atoms with Gasteiger partial charge in [-0.15, -0.1) is 24.0 Å². The molecule has 0 unspecified atom stereocenters. The highest BCUT2D eigenvalue weighted by molar-refractivity contribution is 14.0. The lowest BCUT2D eigenvalue weighted by atomic mass is 9.81. The smallest absolute Gasteiger partial charge is 0.191 e. The summed E-state index contributed by atoms with van der Waals surface area (Å²) in [4.78, 5) is 4.29. The molecule has 0 amide bonds. The summed E-state index contributed by atoms with van der Waals surface area (Å²) in [6.45, 7) is 8.15. The van der Waals surface area contributed by atoms with Gasteiger partial charge in [-0.05, 0) is 30.6 Å². The van der Waals surface area contributed by atoms with Crippen LogP contribution in [0.15, 0.2) is 15.6 Å². The topological polar surface area (TPSA) is 62.5 Å². The van der Waals surface area contributed by atoms with Gasteiger partial charge in [0, 0.05) is 19.7 Å². The number of aliphatic imine (C=N–C) groups is 1. The molecule has 138 valence electrons. The van der Waals surface area contributed by atoms with Crippen LogP contribution in [0.2, 0.25) is 0 Å². The molecule has 0 saturated heterocycles. The van der Waals surface area contributed by atoms with Crippen molar-refractivity contribution in [1.29, 1.82) is 0 Å². The van der Waals surface area contributed by atoms with Crippen molar-refractivity contribution in [3.8, 4) is 0 Å². The van der Waals surface area contributed by atoms with Gasteiger partial charge in [0.15, 0.2) is 11.7 Å².